The Labute approximate surface area is 117 Å². The summed E-state index contributed by atoms with van der Waals surface area (Å²) in [6.07, 6.45) is 7.46. The van der Waals surface area contributed by atoms with Crippen LogP contribution in [-0.2, 0) is 13.6 Å². The Morgan fingerprint density at radius 3 is 2.70 bits per heavy atom. The van der Waals surface area contributed by atoms with Gasteiger partial charge in [-0.25, -0.2) is 4.98 Å². The smallest absolute Gasteiger partial charge is 0.0951 e. The number of aromatic nitrogens is 4. The molecule has 1 atom stereocenters. The number of nitrogens with two attached hydrogens (primary N) is 1. The minimum Gasteiger partial charge on any atom is -0.329 e. The lowest BCUT2D eigenvalue weighted by Gasteiger charge is -2.14. The minimum absolute atomic E-state index is 0.0548. The Bertz CT molecular complexity index is 683. The lowest BCUT2D eigenvalue weighted by Crippen LogP contribution is -2.17. The molecule has 20 heavy (non-hydrogen) atoms. The highest BCUT2D eigenvalue weighted by atomic mass is 15.2. The van der Waals surface area contributed by atoms with Gasteiger partial charge in [-0.05, 0) is 5.56 Å². The molecule has 0 aliphatic rings. The monoisotopic (exact) mass is 267 g/mol. The van der Waals surface area contributed by atoms with E-state index < -0.39 is 0 Å². The van der Waals surface area contributed by atoms with Crippen LogP contribution in [0.5, 0.6) is 0 Å². The first-order valence-corrected chi connectivity index (χ1v) is 6.54. The molecule has 3 aromatic rings. The topological polar surface area (TPSA) is 61.7 Å². The molecule has 5 heteroatoms. The van der Waals surface area contributed by atoms with Crippen molar-refractivity contribution in [2.75, 3.05) is 0 Å². The molecule has 5 nitrogen and oxygen atoms in total. The average molecular weight is 267 g/mol. The lowest BCUT2D eigenvalue weighted by molar-refractivity contribution is 0.580. The van der Waals surface area contributed by atoms with Gasteiger partial charge in [-0.1, -0.05) is 30.3 Å². The molecule has 2 N–H and O–H groups in total. The Hall–Kier alpha value is -2.40. The molecule has 102 valence electrons. The van der Waals surface area contributed by atoms with Crippen LogP contribution in [0, 0.1) is 0 Å². The third-order valence-corrected chi connectivity index (χ3v) is 3.33. The highest BCUT2D eigenvalue weighted by Crippen LogP contribution is 2.20. The summed E-state index contributed by atoms with van der Waals surface area (Å²) in [4.78, 5) is 4.22. The molecule has 0 aliphatic carbocycles. The van der Waals surface area contributed by atoms with Crippen molar-refractivity contribution in [1.82, 2.24) is 19.3 Å². The number of imidazole rings is 1. The van der Waals surface area contributed by atoms with Crippen LogP contribution in [-0.4, -0.2) is 19.3 Å². The van der Waals surface area contributed by atoms with E-state index in [4.69, 9.17) is 5.73 Å². The number of hydrogen-bond donors (Lipinski definition) is 1. The van der Waals surface area contributed by atoms with Crippen LogP contribution in [0.15, 0.2) is 55.2 Å². The predicted molar refractivity (Wildman–Crippen MR) is 77.8 cm³/mol. The van der Waals surface area contributed by atoms with Gasteiger partial charge in [0.1, 0.15) is 0 Å². The van der Waals surface area contributed by atoms with Gasteiger partial charge in [-0.3, -0.25) is 4.68 Å². The third kappa shape index (κ3) is 2.48. The molecule has 0 aliphatic heterocycles. The first kappa shape index (κ1) is 12.6. The van der Waals surface area contributed by atoms with Crippen molar-refractivity contribution >= 4 is 0 Å². The molecule has 0 fully saturated rings. The van der Waals surface area contributed by atoms with Crippen molar-refractivity contribution < 1.29 is 0 Å². The minimum atomic E-state index is -0.0548. The van der Waals surface area contributed by atoms with Gasteiger partial charge in [0.05, 0.1) is 24.4 Å². The summed E-state index contributed by atoms with van der Waals surface area (Å²) in [5, 5.41) is 4.20. The second-order valence-electron chi connectivity index (χ2n) is 4.85. The normalized spacial score (nSPS) is 12.5. The fraction of sp³-hybridized carbons (Fsp3) is 0.200. The molecule has 2 aromatic heterocycles. The van der Waals surface area contributed by atoms with E-state index in [-0.39, 0.29) is 6.04 Å². The maximum Gasteiger partial charge on any atom is 0.0951 e. The number of nitrogens with zero attached hydrogens (tertiary/aromatic N) is 4. The van der Waals surface area contributed by atoms with Crippen LogP contribution in [0.1, 0.15) is 11.6 Å². The summed E-state index contributed by atoms with van der Waals surface area (Å²) in [6, 6.07) is 10.0. The fourth-order valence-corrected chi connectivity index (χ4v) is 2.28. The van der Waals surface area contributed by atoms with E-state index in [1.807, 2.05) is 62.3 Å². The first-order valence-electron chi connectivity index (χ1n) is 6.54. The van der Waals surface area contributed by atoms with E-state index >= 15 is 0 Å². The van der Waals surface area contributed by atoms with Gasteiger partial charge in [0, 0.05) is 31.4 Å². The van der Waals surface area contributed by atoms with E-state index in [1.165, 1.54) is 0 Å². The highest BCUT2D eigenvalue weighted by molar-refractivity contribution is 5.56. The average Bonchev–Trinajstić information content (AvgIpc) is 3.08. The number of hydrogen-bond acceptors (Lipinski definition) is 3. The van der Waals surface area contributed by atoms with Gasteiger partial charge in [0.15, 0.2) is 0 Å². The van der Waals surface area contributed by atoms with Crippen LogP contribution in [0.2, 0.25) is 0 Å². The maximum absolute atomic E-state index is 6.27. The van der Waals surface area contributed by atoms with Crippen LogP contribution in [0.4, 0.5) is 0 Å². The molecule has 0 spiro atoms. The summed E-state index contributed by atoms with van der Waals surface area (Å²) < 4.78 is 3.85. The molecule has 0 saturated heterocycles. The zero-order valence-corrected chi connectivity index (χ0v) is 11.3. The molecular formula is C15H17N5. The van der Waals surface area contributed by atoms with Crippen LogP contribution < -0.4 is 5.73 Å². The number of aryl methyl sites for hydroxylation is 1. The largest absolute Gasteiger partial charge is 0.329 e. The lowest BCUT2D eigenvalue weighted by atomic mass is 10.1. The zero-order chi connectivity index (χ0) is 13.9. The Kier molecular flexibility index (Phi) is 3.35. The van der Waals surface area contributed by atoms with Crippen molar-refractivity contribution in [3.63, 3.8) is 0 Å². The first-order chi connectivity index (χ1) is 9.74. The van der Waals surface area contributed by atoms with Crippen molar-refractivity contribution in [3.8, 4) is 11.3 Å². The highest BCUT2D eigenvalue weighted by Gasteiger charge is 2.11. The Morgan fingerprint density at radius 1 is 1.20 bits per heavy atom. The Morgan fingerprint density at radius 2 is 2.00 bits per heavy atom. The second-order valence-corrected chi connectivity index (χ2v) is 4.85. The molecule has 1 unspecified atom stereocenters. The van der Waals surface area contributed by atoms with Crippen molar-refractivity contribution in [3.05, 3.63) is 60.8 Å². The van der Waals surface area contributed by atoms with Gasteiger partial charge in [-0.2, -0.15) is 5.10 Å². The molecule has 1 aromatic carbocycles. The van der Waals surface area contributed by atoms with E-state index in [9.17, 15) is 0 Å². The molecule has 0 saturated carbocycles. The van der Waals surface area contributed by atoms with E-state index in [0.717, 1.165) is 16.8 Å². The summed E-state index contributed by atoms with van der Waals surface area (Å²) in [7, 11) is 1.90. The predicted octanol–water partition coefficient (Wildman–Crippen LogP) is 1.98. The van der Waals surface area contributed by atoms with Crippen LogP contribution in [0.3, 0.4) is 0 Å². The van der Waals surface area contributed by atoms with Crippen molar-refractivity contribution in [2.24, 2.45) is 12.8 Å². The van der Waals surface area contributed by atoms with Gasteiger partial charge in [0.2, 0.25) is 0 Å². The molecule has 0 amide bonds. The molecule has 3 rings (SSSR count). The second kappa shape index (κ2) is 5.30. The number of rotatable bonds is 4. The van der Waals surface area contributed by atoms with Crippen LogP contribution in [0.25, 0.3) is 11.3 Å². The van der Waals surface area contributed by atoms with Crippen molar-refractivity contribution in [1.29, 1.82) is 0 Å². The summed E-state index contributed by atoms with van der Waals surface area (Å²) in [5.41, 5.74) is 9.47. The fourth-order valence-electron chi connectivity index (χ4n) is 2.28. The summed E-state index contributed by atoms with van der Waals surface area (Å²) in [6.45, 7) is 0.689. The number of benzene rings is 1. The Balaban J connectivity index is 1.84. The molecule has 0 radical (unpaired) electrons. The van der Waals surface area contributed by atoms with Gasteiger partial charge < -0.3 is 10.3 Å². The van der Waals surface area contributed by atoms with Gasteiger partial charge in [-0.15, -0.1) is 0 Å². The SMILES string of the molecule is Cn1cc(-c2cncn2CC(N)c2ccccc2)cn1. The molecule has 2 heterocycles. The molecule has 0 bridgehead atoms. The van der Waals surface area contributed by atoms with E-state index in [1.54, 1.807) is 4.68 Å². The van der Waals surface area contributed by atoms with Crippen LogP contribution >= 0.6 is 0 Å². The van der Waals surface area contributed by atoms with Gasteiger partial charge in [0.25, 0.3) is 0 Å². The van der Waals surface area contributed by atoms with E-state index in [2.05, 4.69) is 14.6 Å². The summed E-state index contributed by atoms with van der Waals surface area (Å²) >= 11 is 0. The van der Waals surface area contributed by atoms with E-state index in [0.29, 0.717) is 6.54 Å². The quantitative estimate of drug-likeness (QED) is 0.786. The summed E-state index contributed by atoms with van der Waals surface area (Å²) in [5.74, 6) is 0. The maximum atomic E-state index is 6.27. The third-order valence-electron chi connectivity index (χ3n) is 3.33. The zero-order valence-electron chi connectivity index (χ0n) is 11.3. The standard InChI is InChI=1S/C15H17N5/c1-19-9-13(7-18-19)15-8-17-11-20(15)10-14(16)12-5-3-2-4-6-12/h2-9,11,14H,10,16H2,1H3. The van der Waals surface area contributed by atoms with Crippen molar-refractivity contribution in [2.45, 2.75) is 12.6 Å². The van der Waals surface area contributed by atoms with Gasteiger partial charge >= 0.3 is 0 Å². The molecular weight excluding hydrogens is 250 g/mol.